The molecule has 1 aliphatic rings. The average molecular weight is 377 g/mol. The molecular formula is C24H28N2O2. The summed E-state index contributed by atoms with van der Waals surface area (Å²) in [6, 6.07) is 15.3. The van der Waals surface area contributed by atoms with Gasteiger partial charge in [0.25, 0.3) is 5.91 Å². The van der Waals surface area contributed by atoms with Crippen molar-refractivity contribution in [1.29, 1.82) is 5.26 Å². The normalized spacial score (nSPS) is 16.8. The second kappa shape index (κ2) is 8.58. The van der Waals surface area contributed by atoms with Gasteiger partial charge in [0, 0.05) is 12.1 Å². The first-order valence-electron chi connectivity index (χ1n) is 10.0. The van der Waals surface area contributed by atoms with Gasteiger partial charge in [-0.1, -0.05) is 49.1 Å². The molecule has 3 rings (SSSR count). The van der Waals surface area contributed by atoms with Gasteiger partial charge in [0.1, 0.15) is 5.60 Å². The first kappa shape index (κ1) is 20.1. The van der Waals surface area contributed by atoms with Crippen molar-refractivity contribution in [3.05, 3.63) is 64.7 Å². The molecule has 0 heterocycles. The van der Waals surface area contributed by atoms with E-state index in [0.717, 1.165) is 48.8 Å². The van der Waals surface area contributed by atoms with Crippen LogP contribution in [0.1, 0.15) is 54.4 Å². The van der Waals surface area contributed by atoms with Crippen LogP contribution in [0.5, 0.6) is 0 Å². The minimum absolute atomic E-state index is 0.0544. The van der Waals surface area contributed by atoms with Crippen molar-refractivity contribution in [2.45, 2.75) is 58.0 Å². The van der Waals surface area contributed by atoms with Crippen molar-refractivity contribution in [3.8, 4) is 6.07 Å². The number of nitrogens with one attached hydrogen (secondary N) is 1. The lowest BCUT2D eigenvalue weighted by Crippen LogP contribution is -2.51. The van der Waals surface area contributed by atoms with Gasteiger partial charge in [0.2, 0.25) is 0 Å². The number of benzene rings is 2. The smallest absolute Gasteiger partial charge is 0.256 e. The van der Waals surface area contributed by atoms with E-state index in [0.29, 0.717) is 17.7 Å². The number of carbonyl (C=O) groups is 1. The summed E-state index contributed by atoms with van der Waals surface area (Å²) in [6.45, 7) is 3.86. The predicted molar refractivity (Wildman–Crippen MR) is 111 cm³/mol. The topological polar surface area (TPSA) is 73.1 Å². The third kappa shape index (κ3) is 4.43. The Kier molecular flexibility index (Phi) is 6.16. The molecule has 0 aromatic heterocycles. The number of amides is 1. The van der Waals surface area contributed by atoms with E-state index in [-0.39, 0.29) is 11.8 Å². The summed E-state index contributed by atoms with van der Waals surface area (Å²) in [5, 5.41) is 23.6. The van der Waals surface area contributed by atoms with Crippen LogP contribution in [-0.2, 0) is 11.2 Å². The molecule has 0 bridgehead atoms. The molecule has 1 saturated carbocycles. The highest BCUT2D eigenvalue weighted by Crippen LogP contribution is 2.36. The van der Waals surface area contributed by atoms with E-state index < -0.39 is 5.60 Å². The van der Waals surface area contributed by atoms with Gasteiger partial charge in [-0.05, 0) is 61.9 Å². The van der Waals surface area contributed by atoms with Gasteiger partial charge in [-0.3, -0.25) is 4.79 Å². The molecule has 146 valence electrons. The van der Waals surface area contributed by atoms with Crippen molar-refractivity contribution in [3.63, 3.8) is 0 Å². The summed E-state index contributed by atoms with van der Waals surface area (Å²) < 4.78 is 0. The molecule has 1 aliphatic carbocycles. The molecule has 4 nitrogen and oxygen atoms in total. The second-order valence-corrected chi connectivity index (χ2v) is 8.02. The molecule has 1 amide bonds. The first-order chi connectivity index (χ1) is 13.4. The number of aryl methyl sites for hydroxylation is 2. The quantitative estimate of drug-likeness (QED) is 0.796. The zero-order valence-corrected chi connectivity index (χ0v) is 16.7. The van der Waals surface area contributed by atoms with E-state index in [9.17, 15) is 9.90 Å². The van der Waals surface area contributed by atoms with Crippen LogP contribution in [0.3, 0.4) is 0 Å². The lowest BCUT2D eigenvalue weighted by atomic mass is 9.73. The van der Waals surface area contributed by atoms with Crippen molar-refractivity contribution in [2.75, 3.05) is 5.32 Å². The third-order valence-electron chi connectivity index (χ3n) is 5.83. The van der Waals surface area contributed by atoms with Crippen molar-refractivity contribution in [1.82, 2.24) is 0 Å². The summed E-state index contributed by atoms with van der Waals surface area (Å²) in [6.07, 6.45) is 5.28. The Morgan fingerprint density at radius 2 is 1.93 bits per heavy atom. The van der Waals surface area contributed by atoms with Crippen LogP contribution in [0.25, 0.3) is 0 Å². The van der Waals surface area contributed by atoms with E-state index in [1.165, 1.54) is 0 Å². The number of hydrogen-bond donors (Lipinski definition) is 2. The molecule has 28 heavy (non-hydrogen) atoms. The van der Waals surface area contributed by atoms with Gasteiger partial charge in [-0.2, -0.15) is 5.26 Å². The summed E-state index contributed by atoms with van der Waals surface area (Å²) >= 11 is 0. The van der Waals surface area contributed by atoms with Gasteiger partial charge in [-0.15, -0.1) is 0 Å². The molecule has 4 heteroatoms. The van der Waals surface area contributed by atoms with Crippen LogP contribution >= 0.6 is 0 Å². The van der Waals surface area contributed by atoms with Crippen LogP contribution in [0, 0.1) is 31.1 Å². The van der Waals surface area contributed by atoms with Crippen molar-refractivity contribution in [2.24, 2.45) is 5.92 Å². The standard InChI is InChI=1S/C24H28N2O2/c1-17-7-6-8-19(13-17)15-24(28,21-9-4-3-5-10-21)23(27)26-22-12-11-20(16-25)18(2)14-22/h6-8,11-14,21,28H,3-5,9-10,15H2,1-2H3,(H,26,27). The van der Waals surface area contributed by atoms with E-state index in [1.54, 1.807) is 18.2 Å². The van der Waals surface area contributed by atoms with E-state index in [2.05, 4.69) is 11.4 Å². The van der Waals surface area contributed by atoms with Crippen LogP contribution in [0.15, 0.2) is 42.5 Å². The molecule has 0 spiro atoms. The summed E-state index contributed by atoms with van der Waals surface area (Å²) in [5.41, 5.74) is 2.64. The Hall–Kier alpha value is -2.64. The van der Waals surface area contributed by atoms with Crippen LogP contribution in [0.2, 0.25) is 0 Å². The molecular weight excluding hydrogens is 348 g/mol. The molecule has 2 aromatic carbocycles. The summed E-state index contributed by atoms with van der Waals surface area (Å²) in [4.78, 5) is 13.3. The van der Waals surface area contributed by atoms with E-state index >= 15 is 0 Å². The summed E-state index contributed by atoms with van der Waals surface area (Å²) in [5.74, 6) is -0.411. The highest BCUT2D eigenvalue weighted by Gasteiger charge is 2.44. The van der Waals surface area contributed by atoms with Gasteiger partial charge in [0.05, 0.1) is 11.6 Å². The van der Waals surface area contributed by atoms with Crippen LogP contribution in [0.4, 0.5) is 5.69 Å². The van der Waals surface area contributed by atoms with Crippen LogP contribution < -0.4 is 5.32 Å². The number of anilines is 1. The predicted octanol–water partition coefficient (Wildman–Crippen LogP) is 4.67. The minimum Gasteiger partial charge on any atom is -0.379 e. The lowest BCUT2D eigenvalue weighted by molar-refractivity contribution is -0.141. The first-order valence-corrected chi connectivity index (χ1v) is 10.0. The molecule has 0 aliphatic heterocycles. The zero-order valence-electron chi connectivity index (χ0n) is 16.7. The number of carbonyl (C=O) groups excluding carboxylic acids is 1. The fraction of sp³-hybridized carbons (Fsp3) is 0.417. The molecule has 1 fully saturated rings. The SMILES string of the molecule is Cc1cccc(CC(O)(C(=O)Nc2ccc(C#N)c(C)c2)C2CCCCC2)c1. The average Bonchev–Trinajstić information content (AvgIpc) is 2.68. The third-order valence-corrected chi connectivity index (χ3v) is 5.83. The summed E-state index contributed by atoms with van der Waals surface area (Å²) in [7, 11) is 0. The Morgan fingerprint density at radius 1 is 1.18 bits per heavy atom. The fourth-order valence-electron chi connectivity index (χ4n) is 4.23. The Balaban J connectivity index is 1.88. The van der Waals surface area contributed by atoms with Gasteiger partial charge >= 0.3 is 0 Å². The second-order valence-electron chi connectivity index (χ2n) is 8.02. The Bertz CT molecular complexity index is 894. The maximum absolute atomic E-state index is 13.3. The highest BCUT2D eigenvalue weighted by molar-refractivity contribution is 5.97. The highest BCUT2D eigenvalue weighted by atomic mass is 16.3. The van der Waals surface area contributed by atoms with Gasteiger partial charge in [-0.25, -0.2) is 0 Å². The number of nitriles is 1. The molecule has 1 atom stereocenters. The number of hydrogen-bond acceptors (Lipinski definition) is 3. The molecule has 2 aromatic rings. The minimum atomic E-state index is -1.45. The van der Waals surface area contributed by atoms with Crippen molar-refractivity contribution < 1.29 is 9.90 Å². The molecule has 0 saturated heterocycles. The van der Waals surface area contributed by atoms with Crippen molar-refractivity contribution >= 4 is 11.6 Å². The van der Waals surface area contributed by atoms with Gasteiger partial charge in [0.15, 0.2) is 0 Å². The van der Waals surface area contributed by atoms with E-state index in [4.69, 9.17) is 5.26 Å². The molecule has 0 radical (unpaired) electrons. The monoisotopic (exact) mass is 376 g/mol. The Morgan fingerprint density at radius 3 is 2.57 bits per heavy atom. The van der Waals surface area contributed by atoms with Gasteiger partial charge < -0.3 is 10.4 Å². The largest absolute Gasteiger partial charge is 0.379 e. The number of aliphatic hydroxyl groups is 1. The lowest BCUT2D eigenvalue weighted by Gasteiger charge is -2.37. The number of nitrogens with zero attached hydrogens (tertiary/aromatic N) is 1. The zero-order chi connectivity index (χ0) is 20.1. The fourth-order valence-corrected chi connectivity index (χ4v) is 4.23. The van der Waals surface area contributed by atoms with Crippen LogP contribution in [-0.4, -0.2) is 16.6 Å². The molecule has 1 unspecified atom stereocenters. The maximum Gasteiger partial charge on any atom is 0.256 e. The number of rotatable bonds is 5. The Labute approximate surface area is 167 Å². The van der Waals surface area contributed by atoms with E-state index in [1.807, 2.05) is 38.1 Å². The molecule has 2 N–H and O–H groups in total. The maximum atomic E-state index is 13.3.